The average molecular weight is 707 g/mol. The Labute approximate surface area is 299 Å². The fourth-order valence-electron chi connectivity index (χ4n) is 7.29. The van der Waals surface area contributed by atoms with Crippen LogP contribution in [0.25, 0.3) is 0 Å². The van der Waals surface area contributed by atoms with Gasteiger partial charge < -0.3 is 38.6 Å². The Morgan fingerprint density at radius 3 is 2.16 bits per heavy atom. The first kappa shape index (κ1) is 43.2. The highest BCUT2D eigenvalue weighted by atomic mass is 16.6. The summed E-state index contributed by atoms with van der Waals surface area (Å²) in [6.45, 7) is 19.7. The Hall–Kier alpha value is -2.99. The summed E-state index contributed by atoms with van der Waals surface area (Å²) < 4.78 is 35.0. The van der Waals surface area contributed by atoms with Crippen LogP contribution >= 0.6 is 0 Å². The smallest absolute Gasteiger partial charge is 0.373 e. The Bertz CT molecular complexity index is 1280. The molecule has 0 aliphatic carbocycles. The Morgan fingerprint density at radius 1 is 1.00 bits per heavy atom. The number of carbonyl (C=O) groups is 3. The quantitative estimate of drug-likeness (QED) is 0.220. The molecule has 2 aliphatic rings. The third-order valence-electron chi connectivity index (χ3n) is 10.0. The molecular weight excluding hydrogens is 644 g/mol. The van der Waals surface area contributed by atoms with Crippen LogP contribution in [0.15, 0.2) is 47.3 Å². The van der Waals surface area contributed by atoms with E-state index in [4.69, 9.17) is 28.4 Å². The van der Waals surface area contributed by atoms with Crippen LogP contribution in [-0.4, -0.2) is 84.8 Å². The first-order chi connectivity index (χ1) is 23.3. The van der Waals surface area contributed by atoms with Gasteiger partial charge in [-0.15, -0.1) is 0 Å². The number of allylic oxidation sites excluding steroid dienone is 5. The van der Waals surface area contributed by atoms with Crippen molar-refractivity contribution in [3.05, 3.63) is 47.3 Å². The summed E-state index contributed by atoms with van der Waals surface area (Å²) in [5, 5.41) is 23.8. The molecule has 0 radical (unpaired) electrons. The van der Waals surface area contributed by atoms with Crippen molar-refractivity contribution in [2.24, 2.45) is 35.5 Å². The van der Waals surface area contributed by atoms with Crippen molar-refractivity contribution in [3.63, 3.8) is 0 Å². The fourth-order valence-corrected chi connectivity index (χ4v) is 7.29. The van der Waals surface area contributed by atoms with Crippen molar-refractivity contribution in [1.29, 1.82) is 0 Å². The Morgan fingerprint density at radius 2 is 1.62 bits per heavy atom. The minimum atomic E-state index is -1.85. The molecule has 0 bridgehead atoms. The van der Waals surface area contributed by atoms with Gasteiger partial charge in [0, 0.05) is 51.0 Å². The van der Waals surface area contributed by atoms with Crippen LogP contribution in [0.2, 0.25) is 0 Å². The van der Waals surface area contributed by atoms with Crippen LogP contribution in [0.4, 0.5) is 0 Å². The highest BCUT2D eigenvalue weighted by Gasteiger charge is 2.53. The molecule has 12 unspecified atom stereocenters. The third-order valence-corrected chi connectivity index (χ3v) is 10.0. The molecule has 11 nitrogen and oxygen atoms in total. The van der Waals surface area contributed by atoms with Gasteiger partial charge in [-0.2, -0.15) is 0 Å². The first-order valence-electron chi connectivity index (χ1n) is 17.7. The van der Waals surface area contributed by atoms with Crippen molar-refractivity contribution < 1.29 is 53.0 Å². The zero-order valence-electron chi connectivity index (χ0n) is 32.3. The molecule has 1 fully saturated rings. The number of methoxy groups -OCH3 is 2. The van der Waals surface area contributed by atoms with E-state index in [1.807, 2.05) is 66.7 Å². The molecule has 50 heavy (non-hydrogen) atoms. The molecule has 0 aromatic heterocycles. The van der Waals surface area contributed by atoms with Crippen LogP contribution in [0.3, 0.4) is 0 Å². The third kappa shape index (κ3) is 11.5. The van der Waals surface area contributed by atoms with Gasteiger partial charge in [0.2, 0.25) is 5.76 Å². The molecule has 0 aromatic rings. The number of aliphatic hydroxyl groups excluding tert-OH is 1. The van der Waals surface area contributed by atoms with Crippen LogP contribution in [0.5, 0.6) is 0 Å². The Kier molecular flexibility index (Phi) is 16.4. The number of aliphatic hydroxyl groups is 2. The minimum Gasteiger partial charge on any atom is -0.490 e. The topological polar surface area (TPSA) is 147 Å². The standard InChI is InChI=1S/C39H62O11/c1-21(2)35-26(7)33(47-29(10)40)20-39(44,50-35)28(9)34(42)27(8)37-31(45-12)16-14-15-22(3)17-24(5)36(48-30(11)41)25(6)18-23(4)19-32(46-13)38(43)49-37/h14-16,18-19,21,24-28,31,33-37,42,44H,17,20H2,1-13H3. The van der Waals surface area contributed by atoms with E-state index in [1.165, 1.54) is 28.1 Å². The molecule has 2 aliphatic heterocycles. The lowest BCUT2D eigenvalue weighted by Gasteiger charge is -2.50. The molecule has 284 valence electrons. The van der Waals surface area contributed by atoms with Crippen LogP contribution < -0.4 is 0 Å². The summed E-state index contributed by atoms with van der Waals surface area (Å²) >= 11 is 0. The monoisotopic (exact) mass is 706 g/mol. The molecule has 11 heteroatoms. The number of rotatable bonds is 9. The summed E-state index contributed by atoms with van der Waals surface area (Å²) in [5.41, 5.74) is 1.73. The SMILES string of the molecule is COC1=CC(C)=CC(C)C(OC(C)=O)C(C)CC(C)=CC=CC(OC)C(C(C)C(O)C(C)C2(O)CC(OC(C)=O)C(C)C(C(C)C)O2)OC1=O. The maximum Gasteiger partial charge on any atom is 0.373 e. The lowest BCUT2D eigenvalue weighted by molar-refractivity contribution is -0.329. The van der Waals surface area contributed by atoms with Gasteiger partial charge in [0.1, 0.15) is 24.4 Å². The second-order valence-electron chi connectivity index (χ2n) is 14.7. The van der Waals surface area contributed by atoms with E-state index in [0.717, 1.165) is 5.57 Å². The van der Waals surface area contributed by atoms with Gasteiger partial charge in [-0.25, -0.2) is 4.79 Å². The molecule has 12 atom stereocenters. The maximum absolute atomic E-state index is 13.7. The van der Waals surface area contributed by atoms with Crippen molar-refractivity contribution in [2.45, 2.75) is 131 Å². The summed E-state index contributed by atoms with van der Waals surface area (Å²) in [6, 6.07) is 0. The average Bonchev–Trinajstić information content (AvgIpc) is 3.02. The first-order valence-corrected chi connectivity index (χ1v) is 17.7. The summed E-state index contributed by atoms with van der Waals surface area (Å²) in [5.74, 6) is -5.62. The number of carbonyl (C=O) groups excluding carboxylic acids is 3. The van der Waals surface area contributed by atoms with Gasteiger partial charge >= 0.3 is 17.9 Å². The minimum absolute atomic E-state index is 0.0134. The van der Waals surface area contributed by atoms with Crippen LogP contribution in [-0.2, 0) is 42.8 Å². The van der Waals surface area contributed by atoms with Gasteiger partial charge in [-0.05, 0) is 38.2 Å². The van der Waals surface area contributed by atoms with E-state index in [2.05, 4.69) is 0 Å². The molecule has 0 aromatic carbocycles. The van der Waals surface area contributed by atoms with E-state index < -0.39 is 66.2 Å². The van der Waals surface area contributed by atoms with Crippen LogP contribution in [0.1, 0.15) is 89.0 Å². The summed E-state index contributed by atoms with van der Waals surface area (Å²) in [6.07, 6.45) is 4.99. The van der Waals surface area contributed by atoms with Gasteiger partial charge in [0.25, 0.3) is 0 Å². The lowest BCUT2D eigenvalue weighted by Crippen LogP contribution is -2.59. The van der Waals surface area contributed by atoms with Gasteiger partial charge in [-0.3, -0.25) is 9.59 Å². The summed E-state index contributed by atoms with van der Waals surface area (Å²) in [4.78, 5) is 37.7. The predicted octanol–water partition coefficient (Wildman–Crippen LogP) is 5.83. The number of cyclic esters (lactones) is 1. The lowest BCUT2D eigenvalue weighted by atomic mass is 9.76. The molecule has 2 rings (SSSR count). The maximum atomic E-state index is 13.7. The number of hydrogen-bond donors (Lipinski definition) is 2. The predicted molar refractivity (Wildman–Crippen MR) is 189 cm³/mol. The van der Waals surface area contributed by atoms with Gasteiger partial charge in [0.15, 0.2) is 5.79 Å². The molecule has 0 spiro atoms. The zero-order valence-corrected chi connectivity index (χ0v) is 32.3. The van der Waals surface area contributed by atoms with Crippen molar-refractivity contribution in [2.75, 3.05) is 14.2 Å². The van der Waals surface area contributed by atoms with E-state index in [9.17, 15) is 24.6 Å². The van der Waals surface area contributed by atoms with Crippen LogP contribution in [0, 0.1) is 35.5 Å². The Balaban J connectivity index is 2.58. The molecule has 2 heterocycles. The zero-order chi connectivity index (χ0) is 38.1. The number of ether oxygens (including phenoxy) is 6. The van der Waals surface area contributed by atoms with Crippen molar-refractivity contribution in [3.8, 4) is 0 Å². The second kappa shape index (κ2) is 19.0. The van der Waals surface area contributed by atoms with E-state index in [1.54, 1.807) is 26.0 Å². The number of esters is 3. The highest BCUT2D eigenvalue weighted by Crippen LogP contribution is 2.42. The van der Waals surface area contributed by atoms with E-state index in [-0.39, 0.29) is 41.8 Å². The molecule has 0 saturated carbocycles. The van der Waals surface area contributed by atoms with Crippen molar-refractivity contribution >= 4 is 17.9 Å². The van der Waals surface area contributed by atoms with Gasteiger partial charge in [-0.1, -0.05) is 83.9 Å². The molecular formula is C39H62O11. The molecule has 2 N–H and O–H groups in total. The highest BCUT2D eigenvalue weighted by molar-refractivity contribution is 5.87. The largest absolute Gasteiger partial charge is 0.490 e. The fraction of sp³-hybridized carbons (Fsp3) is 0.718. The van der Waals surface area contributed by atoms with Crippen molar-refractivity contribution in [1.82, 2.24) is 0 Å². The van der Waals surface area contributed by atoms with E-state index >= 15 is 0 Å². The second-order valence-corrected chi connectivity index (χ2v) is 14.7. The molecule has 0 amide bonds. The number of hydrogen-bond acceptors (Lipinski definition) is 11. The van der Waals surface area contributed by atoms with E-state index in [0.29, 0.717) is 12.0 Å². The normalized spacial score (nSPS) is 33.6. The summed E-state index contributed by atoms with van der Waals surface area (Å²) in [7, 11) is 2.85. The molecule has 1 saturated heterocycles. The van der Waals surface area contributed by atoms with Gasteiger partial charge in [0.05, 0.1) is 19.3 Å².